The van der Waals surface area contributed by atoms with Crippen molar-refractivity contribution in [1.82, 2.24) is 9.97 Å². The second kappa shape index (κ2) is 4.32. The van der Waals surface area contributed by atoms with Crippen molar-refractivity contribution in [3.05, 3.63) is 17.4 Å². The van der Waals surface area contributed by atoms with Crippen LogP contribution in [-0.2, 0) is 0 Å². The first-order valence-corrected chi connectivity index (χ1v) is 5.44. The Hall–Kier alpha value is -0.540. The second-order valence-corrected chi connectivity index (χ2v) is 4.42. The number of hydrogen-bond donors (Lipinski definition) is 0. The fraction of sp³-hybridized carbons (Fsp3) is 0.556. The van der Waals surface area contributed by atoms with Crippen LogP contribution in [0.2, 0.25) is 5.02 Å². The van der Waals surface area contributed by atoms with Crippen LogP contribution in [0.15, 0.2) is 12.4 Å². The molecule has 5 heteroatoms. The molecule has 14 heavy (non-hydrogen) atoms. The zero-order valence-electron chi connectivity index (χ0n) is 7.66. The monoisotopic (exact) mass is 231 g/mol. The molecule has 0 saturated carbocycles. The van der Waals surface area contributed by atoms with Crippen molar-refractivity contribution < 1.29 is 0 Å². The maximum absolute atomic E-state index is 6.01. The zero-order valence-corrected chi connectivity index (χ0v) is 9.17. The highest BCUT2D eigenvalue weighted by Gasteiger charge is 2.18. The highest BCUT2D eigenvalue weighted by molar-refractivity contribution is 6.30. The minimum atomic E-state index is 0.304. The Morgan fingerprint density at radius 1 is 1.21 bits per heavy atom. The van der Waals surface area contributed by atoms with Crippen molar-refractivity contribution in [3.63, 3.8) is 0 Å². The van der Waals surface area contributed by atoms with Gasteiger partial charge in [0.1, 0.15) is 0 Å². The van der Waals surface area contributed by atoms with Crippen LogP contribution in [-0.4, -0.2) is 28.4 Å². The molecule has 1 aliphatic heterocycles. The molecule has 0 spiro atoms. The number of piperidine rings is 1. The fourth-order valence-corrected chi connectivity index (χ4v) is 1.81. The normalized spacial score (nSPS) is 18.6. The third-order valence-electron chi connectivity index (χ3n) is 2.31. The molecule has 0 unspecified atom stereocenters. The Labute approximate surface area is 93.1 Å². The summed E-state index contributed by atoms with van der Waals surface area (Å²) in [6.45, 7) is 1.85. The second-order valence-electron chi connectivity index (χ2n) is 3.36. The summed E-state index contributed by atoms with van der Waals surface area (Å²) in [5.74, 6) is 0.748. The highest BCUT2D eigenvalue weighted by atomic mass is 35.5. The van der Waals surface area contributed by atoms with E-state index < -0.39 is 0 Å². The molecule has 0 N–H and O–H groups in total. The Morgan fingerprint density at radius 3 is 2.36 bits per heavy atom. The maximum Gasteiger partial charge on any atom is 0.225 e. The Bertz CT molecular complexity index is 293. The van der Waals surface area contributed by atoms with E-state index in [0.717, 1.165) is 31.9 Å². The molecule has 1 aromatic rings. The fourth-order valence-electron chi connectivity index (χ4n) is 1.52. The summed E-state index contributed by atoms with van der Waals surface area (Å²) in [5.41, 5.74) is 0. The Morgan fingerprint density at radius 2 is 1.79 bits per heavy atom. The van der Waals surface area contributed by atoms with E-state index >= 15 is 0 Å². The van der Waals surface area contributed by atoms with Crippen molar-refractivity contribution in [2.75, 3.05) is 18.0 Å². The Kier molecular flexibility index (Phi) is 3.08. The SMILES string of the molecule is Clc1cnc(N2CCC(Cl)CC2)nc1. The molecular formula is C9H11Cl2N3. The van der Waals surface area contributed by atoms with E-state index in [2.05, 4.69) is 14.9 Å². The van der Waals surface area contributed by atoms with E-state index in [1.165, 1.54) is 0 Å². The average Bonchev–Trinajstić information content (AvgIpc) is 2.21. The first-order chi connectivity index (χ1) is 6.75. The lowest BCUT2D eigenvalue weighted by Crippen LogP contribution is -2.35. The number of hydrogen-bond acceptors (Lipinski definition) is 3. The van der Waals surface area contributed by atoms with E-state index in [-0.39, 0.29) is 0 Å². The molecular weight excluding hydrogens is 221 g/mol. The molecule has 1 aliphatic rings. The molecule has 0 bridgehead atoms. The van der Waals surface area contributed by atoms with Gasteiger partial charge in [-0.3, -0.25) is 0 Å². The van der Waals surface area contributed by atoms with Gasteiger partial charge in [-0.15, -0.1) is 11.6 Å². The van der Waals surface area contributed by atoms with E-state index in [4.69, 9.17) is 23.2 Å². The predicted octanol–water partition coefficient (Wildman–Crippen LogP) is 2.34. The van der Waals surface area contributed by atoms with Crippen LogP contribution in [0, 0.1) is 0 Å². The molecule has 0 amide bonds. The van der Waals surface area contributed by atoms with Crippen LogP contribution in [0.3, 0.4) is 0 Å². The summed E-state index contributed by atoms with van der Waals surface area (Å²) in [5, 5.41) is 0.875. The minimum absolute atomic E-state index is 0.304. The molecule has 3 nitrogen and oxygen atoms in total. The Balaban J connectivity index is 2.05. The van der Waals surface area contributed by atoms with Crippen LogP contribution >= 0.6 is 23.2 Å². The number of nitrogens with zero attached hydrogens (tertiary/aromatic N) is 3. The summed E-state index contributed by atoms with van der Waals surface area (Å²) >= 11 is 11.7. The first kappa shape index (κ1) is 9.99. The number of anilines is 1. The smallest absolute Gasteiger partial charge is 0.225 e. The molecule has 1 saturated heterocycles. The van der Waals surface area contributed by atoms with Crippen LogP contribution in [0.1, 0.15) is 12.8 Å². The van der Waals surface area contributed by atoms with Crippen molar-refractivity contribution in [3.8, 4) is 0 Å². The van der Waals surface area contributed by atoms with Gasteiger partial charge >= 0.3 is 0 Å². The topological polar surface area (TPSA) is 29.0 Å². The summed E-state index contributed by atoms with van der Waals surface area (Å²) in [4.78, 5) is 10.5. The summed E-state index contributed by atoms with van der Waals surface area (Å²) in [6, 6.07) is 0. The predicted molar refractivity (Wildman–Crippen MR) is 58.1 cm³/mol. The first-order valence-electron chi connectivity index (χ1n) is 4.62. The van der Waals surface area contributed by atoms with Gasteiger partial charge in [0, 0.05) is 18.5 Å². The highest BCUT2D eigenvalue weighted by Crippen LogP contribution is 2.19. The molecule has 2 heterocycles. The van der Waals surface area contributed by atoms with Gasteiger partial charge < -0.3 is 4.90 Å². The zero-order chi connectivity index (χ0) is 9.97. The van der Waals surface area contributed by atoms with Crippen molar-refractivity contribution in [2.24, 2.45) is 0 Å². The van der Waals surface area contributed by atoms with Gasteiger partial charge in [-0.2, -0.15) is 0 Å². The van der Waals surface area contributed by atoms with Gasteiger partial charge in [-0.05, 0) is 12.8 Å². The third-order valence-corrected chi connectivity index (χ3v) is 2.95. The van der Waals surface area contributed by atoms with Gasteiger partial charge in [0.05, 0.1) is 17.4 Å². The number of aromatic nitrogens is 2. The number of rotatable bonds is 1. The van der Waals surface area contributed by atoms with Gasteiger partial charge in [-0.25, -0.2) is 9.97 Å². The van der Waals surface area contributed by atoms with Crippen LogP contribution in [0.5, 0.6) is 0 Å². The lowest BCUT2D eigenvalue weighted by atomic mass is 10.1. The van der Waals surface area contributed by atoms with Gasteiger partial charge in [0.15, 0.2) is 0 Å². The quantitative estimate of drug-likeness (QED) is 0.696. The number of halogens is 2. The molecule has 76 valence electrons. The minimum Gasteiger partial charge on any atom is -0.341 e. The third kappa shape index (κ3) is 2.28. The van der Waals surface area contributed by atoms with E-state index in [0.29, 0.717) is 10.4 Å². The van der Waals surface area contributed by atoms with Gasteiger partial charge in [0.25, 0.3) is 0 Å². The van der Waals surface area contributed by atoms with Crippen molar-refractivity contribution in [2.45, 2.75) is 18.2 Å². The molecule has 0 atom stereocenters. The molecule has 2 rings (SSSR count). The lowest BCUT2D eigenvalue weighted by Gasteiger charge is -2.29. The summed E-state index contributed by atoms with van der Waals surface area (Å²) in [6.07, 6.45) is 5.23. The number of alkyl halides is 1. The molecule has 0 aliphatic carbocycles. The lowest BCUT2D eigenvalue weighted by molar-refractivity contribution is 0.575. The van der Waals surface area contributed by atoms with Crippen molar-refractivity contribution in [1.29, 1.82) is 0 Å². The summed E-state index contributed by atoms with van der Waals surface area (Å²) in [7, 11) is 0. The van der Waals surface area contributed by atoms with Crippen LogP contribution < -0.4 is 4.90 Å². The molecule has 0 aromatic carbocycles. The van der Waals surface area contributed by atoms with E-state index in [1.807, 2.05) is 0 Å². The van der Waals surface area contributed by atoms with Crippen LogP contribution in [0.25, 0.3) is 0 Å². The standard InChI is InChI=1S/C9H11Cl2N3/c10-7-1-3-14(4-2-7)9-12-5-8(11)6-13-9/h5-7H,1-4H2. The van der Waals surface area contributed by atoms with E-state index in [1.54, 1.807) is 12.4 Å². The maximum atomic E-state index is 6.01. The summed E-state index contributed by atoms with van der Waals surface area (Å²) < 4.78 is 0. The average molecular weight is 232 g/mol. The van der Waals surface area contributed by atoms with E-state index in [9.17, 15) is 0 Å². The largest absolute Gasteiger partial charge is 0.341 e. The molecule has 1 fully saturated rings. The van der Waals surface area contributed by atoms with Crippen LogP contribution in [0.4, 0.5) is 5.95 Å². The molecule has 1 aromatic heterocycles. The van der Waals surface area contributed by atoms with Gasteiger partial charge in [0.2, 0.25) is 5.95 Å². The van der Waals surface area contributed by atoms with Gasteiger partial charge in [-0.1, -0.05) is 11.6 Å². The van der Waals surface area contributed by atoms with Crippen molar-refractivity contribution >= 4 is 29.2 Å². The molecule has 0 radical (unpaired) electrons.